The number of aromatic nitrogens is 4. The smallest absolute Gasteiger partial charge is 0.235 e. The Balaban J connectivity index is 1.65. The number of hydrogen-bond acceptors (Lipinski definition) is 5. The average molecular weight is 422 g/mol. The number of nitrogens with zero attached hydrogens (tertiary/aromatic N) is 5. The molecular formula is C23H27N5OS. The highest BCUT2D eigenvalue weighted by Gasteiger charge is 2.25. The summed E-state index contributed by atoms with van der Waals surface area (Å²) in [6.07, 6.45) is 8.11. The molecule has 156 valence electrons. The molecule has 3 heterocycles. The Hall–Kier alpha value is -2.67. The van der Waals surface area contributed by atoms with Gasteiger partial charge >= 0.3 is 0 Å². The number of carbonyl (C=O) groups excluding carboxylic acids is 1. The van der Waals surface area contributed by atoms with Crippen LogP contribution >= 0.6 is 11.8 Å². The zero-order valence-corrected chi connectivity index (χ0v) is 18.3. The highest BCUT2D eigenvalue weighted by Crippen LogP contribution is 2.31. The van der Waals surface area contributed by atoms with Crippen LogP contribution in [0, 0.1) is 6.92 Å². The van der Waals surface area contributed by atoms with Crippen LogP contribution < -0.4 is 0 Å². The second kappa shape index (κ2) is 9.43. The first-order valence-corrected chi connectivity index (χ1v) is 11.4. The zero-order valence-electron chi connectivity index (χ0n) is 17.5. The summed E-state index contributed by atoms with van der Waals surface area (Å²) in [6, 6.07) is 12.1. The lowest BCUT2D eigenvalue weighted by molar-refractivity contribution is -0.130. The Bertz CT molecular complexity index is 979. The van der Waals surface area contributed by atoms with Crippen molar-refractivity contribution >= 4 is 17.7 Å². The number of thioether (sulfide) groups is 1. The SMILES string of the molecule is Cc1ccc(-n2c(SC(C)C(=O)N3CCCCCC3)nnc2-c2ccncc2)cc1. The van der Waals surface area contributed by atoms with E-state index in [1.54, 1.807) is 12.4 Å². The Labute approximate surface area is 181 Å². The molecule has 7 heteroatoms. The second-order valence-corrected chi connectivity index (χ2v) is 9.02. The number of rotatable bonds is 5. The quantitative estimate of drug-likeness (QED) is 0.567. The van der Waals surface area contributed by atoms with Gasteiger partial charge in [0.1, 0.15) is 0 Å². The molecule has 1 unspecified atom stereocenters. The van der Waals surface area contributed by atoms with Crippen molar-refractivity contribution in [3.8, 4) is 17.1 Å². The molecule has 30 heavy (non-hydrogen) atoms. The summed E-state index contributed by atoms with van der Waals surface area (Å²) in [6.45, 7) is 5.75. The van der Waals surface area contributed by atoms with Gasteiger partial charge < -0.3 is 4.90 Å². The first-order chi connectivity index (χ1) is 14.6. The van der Waals surface area contributed by atoms with Gasteiger partial charge in [-0.3, -0.25) is 14.3 Å². The Kier molecular flexibility index (Phi) is 6.47. The number of benzene rings is 1. The summed E-state index contributed by atoms with van der Waals surface area (Å²) < 4.78 is 2.03. The fraction of sp³-hybridized carbons (Fsp3) is 0.391. The molecule has 1 aliphatic rings. The molecule has 3 aromatic rings. The van der Waals surface area contributed by atoms with Crippen LogP contribution in [0.4, 0.5) is 0 Å². The summed E-state index contributed by atoms with van der Waals surface area (Å²) in [5.41, 5.74) is 3.11. The van der Waals surface area contributed by atoms with Crippen LogP contribution in [0.2, 0.25) is 0 Å². The molecule has 0 saturated carbocycles. The van der Waals surface area contributed by atoms with Gasteiger partial charge in [0.05, 0.1) is 5.25 Å². The van der Waals surface area contributed by atoms with Gasteiger partial charge in [0.15, 0.2) is 11.0 Å². The van der Waals surface area contributed by atoms with E-state index in [1.165, 1.54) is 30.2 Å². The third-order valence-electron chi connectivity index (χ3n) is 5.41. The lowest BCUT2D eigenvalue weighted by atomic mass is 10.2. The van der Waals surface area contributed by atoms with E-state index in [-0.39, 0.29) is 11.2 Å². The van der Waals surface area contributed by atoms with Crippen LogP contribution in [-0.4, -0.2) is 48.9 Å². The molecule has 1 saturated heterocycles. The highest BCUT2D eigenvalue weighted by atomic mass is 32.2. The minimum absolute atomic E-state index is 0.186. The highest BCUT2D eigenvalue weighted by molar-refractivity contribution is 8.00. The van der Waals surface area contributed by atoms with Gasteiger partial charge in [0.2, 0.25) is 5.91 Å². The molecule has 2 aromatic heterocycles. The minimum atomic E-state index is -0.221. The standard InChI is InChI=1S/C23H27N5OS/c1-17-7-9-20(10-8-17)28-21(19-11-13-24-14-12-19)25-26-23(28)30-18(2)22(29)27-15-5-3-4-6-16-27/h7-14,18H,3-6,15-16H2,1-2H3. The molecule has 1 fully saturated rings. The van der Waals surface area contributed by atoms with Crippen molar-refractivity contribution < 1.29 is 4.79 Å². The van der Waals surface area contributed by atoms with E-state index in [9.17, 15) is 4.79 Å². The van der Waals surface area contributed by atoms with Crippen molar-refractivity contribution in [1.82, 2.24) is 24.6 Å². The molecule has 6 nitrogen and oxygen atoms in total. The van der Waals surface area contributed by atoms with E-state index in [0.29, 0.717) is 0 Å². The number of carbonyl (C=O) groups is 1. The van der Waals surface area contributed by atoms with E-state index in [4.69, 9.17) is 0 Å². The molecule has 1 aromatic carbocycles. The number of hydrogen-bond donors (Lipinski definition) is 0. The number of likely N-dealkylation sites (tertiary alicyclic amines) is 1. The first kappa shape index (κ1) is 20.6. The second-order valence-electron chi connectivity index (χ2n) is 7.71. The van der Waals surface area contributed by atoms with Crippen molar-refractivity contribution in [3.63, 3.8) is 0 Å². The normalized spacial score (nSPS) is 15.6. The summed E-state index contributed by atoms with van der Waals surface area (Å²) in [4.78, 5) is 19.2. The fourth-order valence-corrected chi connectivity index (χ4v) is 4.67. The number of amides is 1. The van der Waals surface area contributed by atoms with Gasteiger partial charge in [-0.05, 0) is 51.0 Å². The predicted octanol–water partition coefficient (Wildman–Crippen LogP) is 4.52. The summed E-state index contributed by atoms with van der Waals surface area (Å²) in [5.74, 6) is 0.934. The van der Waals surface area contributed by atoms with E-state index < -0.39 is 0 Å². The molecule has 1 amide bonds. The first-order valence-electron chi connectivity index (χ1n) is 10.5. The third kappa shape index (κ3) is 4.56. The van der Waals surface area contributed by atoms with Crippen molar-refractivity contribution in [1.29, 1.82) is 0 Å². The molecular weight excluding hydrogens is 394 g/mol. The average Bonchev–Trinajstić information content (AvgIpc) is 2.99. The molecule has 1 aliphatic heterocycles. The number of pyridine rings is 1. The van der Waals surface area contributed by atoms with E-state index in [1.807, 2.05) is 28.5 Å². The molecule has 0 radical (unpaired) electrons. The topological polar surface area (TPSA) is 63.9 Å². The van der Waals surface area contributed by atoms with Gasteiger partial charge in [-0.15, -0.1) is 10.2 Å². The molecule has 0 bridgehead atoms. The van der Waals surface area contributed by atoms with Gasteiger partial charge in [0.25, 0.3) is 0 Å². The lowest BCUT2D eigenvalue weighted by Crippen LogP contribution is -2.37. The van der Waals surface area contributed by atoms with Crippen LogP contribution in [0.15, 0.2) is 53.9 Å². The lowest BCUT2D eigenvalue weighted by Gasteiger charge is -2.23. The van der Waals surface area contributed by atoms with Gasteiger partial charge in [-0.1, -0.05) is 42.3 Å². The van der Waals surface area contributed by atoms with Crippen LogP contribution in [0.1, 0.15) is 38.2 Å². The van der Waals surface area contributed by atoms with Gasteiger partial charge in [-0.25, -0.2) is 0 Å². The Morgan fingerprint density at radius 2 is 1.63 bits per heavy atom. The Morgan fingerprint density at radius 1 is 0.967 bits per heavy atom. The van der Waals surface area contributed by atoms with Crippen molar-refractivity contribution in [2.75, 3.05) is 13.1 Å². The maximum Gasteiger partial charge on any atom is 0.235 e. The van der Waals surface area contributed by atoms with Gasteiger partial charge in [0, 0.05) is 36.7 Å². The van der Waals surface area contributed by atoms with Crippen LogP contribution in [-0.2, 0) is 4.79 Å². The van der Waals surface area contributed by atoms with Crippen LogP contribution in [0.5, 0.6) is 0 Å². The maximum absolute atomic E-state index is 13.1. The van der Waals surface area contributed by atoms with E-state index in [2.05, 4.69) is 46.4 Å². The van der Waals surface area contributed by atoms with E-state index >= 15 is 0 Å². The minimum Gasteiger partial charge on any atom is -0.342 e. The maximum atomic E-state index is 13.1. The fourth-order valence-electron chi connectivity index (χ4n) is 3.72. The molecule has 0 aliphatic carbocycles. The molecule has 0 spiro atoms. The molecule has 0 N–H and O–H groups in total. The van der Waals surface area contributed by atoms with Crippen molar-refractivity contribution in [2.45, 2.75) is 49.9 Å². The third-order valence-corrected chi connectivity index (χ3v) is 6.44. The van der Waals surface area contributed by atoms with Crippen LogP contribution in [0.25, 0.3) is 17.1 Å². The van der Waals surface area contributed by atoms with E-state index in [0.717, 1.165) is 48.2 Å². The molecule has 4 rings (SSSR count). The summed E-state index contributed by atoms with van der Waals surface area (Å²) in [7, 11) is 0. The van der Waals surface area contributed by atoms with Crippen molar-refractivity contribution in [2.24, 2.45) is 0 Å². The summed E-state index contributed by atoms with van der Waals surface area (Å²) in [5, 5.41) is 9.43. The largest absolute Gasteiger partial charge is 0.342 e. The monoisotopic (exact) mass is 421 g/mol. The summed E-state index contributed by atoms with van der Waals surface area (Å²) >= 11 is 1.48. The Morgan fingerprint density at radius 3 is 2.30 bits per heavy atom. The zero-order chi connectivity index (χ0) is 20.9. The van der Waals surface area contributed by atoms with Crippen LogP contribution in [0.3, 0.4) is 0 Å². The molecule has 1 atom stereocenters. The van der Waals surface area contributed by atoms with Gasteiger partial charge in [-0.2, -0.15) is 0 Å². The predicted molar refractivity (Wildman–Crippen MR) is 120 cm³/mol. The number of aryl methyl sites for hydroxylation is 1. The van der Waals surface area contributed by atoms with Crippen molar-refractivity contribution in [3.05, 3.63) is 54.4 Å².